The first-order valence-electron chi connectivity index (χ1n) is 10.8. The van der Waals surface area contributed by atoms with Gasteiger partial charge in [-0.3, -0.25) is 4.90 Å². The number of anilines is 4. The number of methoxy groups -OCH3 is 1. The van der Waals surface area contributed by atoms with Crippen LogP contribution in [-0.2, 0) is 0 Å². The molecule has 2 N–H and O–H groups in total. The molecule has 2 heterocycles. The van der Waals surface area contributed by atoms with E-state index in [1.165, 1.54) is 39.1 Å². The minimum atomic E-state index is -0.399. The van der Waals surface area contributed by atoms with Gasteiger partial charge in [-0.2, -0.15) is 4.98 Å². The molecule has 1 fully saturated rings. The smallest absolute Gasteiger partial charge is 0.229 e. The van der Waals surface area contributed by atoms with Crippen LogP contribution >= 0.6 is 0 Å². The molecule has 0 aliphatic carbocycles. The maximum absolute atomic E-state index is 13.8. The Balaban J connectivity index is 1.35. The first-order valence-corrected chi connectivity index (χ1v) is 10.8. The van der Waals surface area contributed by atoms with Crippen LogP contribution in [0.4, 0.5) is 27.5 Å². The third-order valence-corrected chi connectivity index (χ3v) is 5.47. The normalized spacial score (nSPS) is 13.7. The number of hydrogen-bond donors (Lipinski definition) is 2. The zero-order valence-electron chi connectivity index (χ0n) is 18.4. The molecule has 168 valence electrons. The molecule has 3 aromatic rings. The van der Waals surface area contributed by atoms with E-state index in [0.29, 0.717) is 29.6 Å². The predicted octanol–water partition coefficient (Wildman–Crippen LogP) is 4.89. The Bertz CT molecular complexity index is 1040. The summed E-state index contributed by atoms with van der Waals surface area (Å²) in [5.74, 6) is 1.69. The van der Waals surface area contributed by atoms with Gasteiger partial charge in [-0.1, -0.05) is 0 Å². The summed E-state index contributed by atoms with van der Waals surface area (Å²) < 4.78 is 24.8. The topological polar surface area (TPSA) is 71.5 Å². The van der Waals surface area contributed by atoms with E-state index in [1.54, 1.807) is 25.3 Å². The Kier molecular flexibility index (Phi) is 7.01. The SMILES string of the molecule is COc1c(F)ccc(Nc2ccnc(Nc3ccc(OCCN4CCCC4)cc3)n2)c1C. The van der Waals surface area contributed by atoms with E-state index in [-0.39, 0.29) is 5.75 Å². The molecule has 0 saturated carbocycles. The zero-order chi connectivity index (χ0) is 22.3. The molecule has 8 heteroatoms. The van der Waals surface area contributed by atoms with Crippen molar-refractivity contribution in [3.8, 4) is 11.5 Å². The fraction of sp³-hybridized carbons (Fsp3) is 0.333. The maximum atomic E-state index is 13.8. The number of rotatable bonds is 9. The average molecular weight is 438 g/mol. The van der Waals surface area contributed by atoms with Crippen molar-refractivity contribution in [1.29, 1.82) is 0 Å². The minimum absolute atomic E-state index is 0.213. The van der Waals surface area contributed by atoms with E-state index in [1.807, 2.05) is 24.3 Å². The van der Waals surface area contributed by atoms with Gasteiger partial charge in [-0.15, -0.1) is 0 Å². The van der Waals surface area contributed by atoms with Crippen LogP contribution in [0.5, 0.6) is 11.5 Å². The Morgan fingerprint density at radius 2 is 1.81 bits per heavy atom. The van der Waals surface area contributed by atoms with Crippen LogP contribution in [0.2, 0.25) is 0 Å². The number of hydrogen-bond acceptors (Lipinski definition) is 7. The van der Waals surface area contributed by atoms with Crippen LogP contribution in [0.3, 0.4) is 0 Å². The molecule has 32 heavy (non-hydrogen) atoms. The zero-order valence-corrected chi connectivity index (χ0v) is 18.4. The summed E-state index contributed by atoms with van der Waals surface area (Å²) >= 11 is 0. The van der Waals surface area contributed by atoms with E-state index in [4.69, 9.17) is 9.47 Å². The maximum Gasteiger partial charge on any atom is 0.229 e. The highest BCUT2D eigenvalue weighted by Crippen LogP contribution is 2.30. The van der Waals surface area contributed by atoms with Gasteiger partial charge in [0.05, 0.1) is 7.11 Å². The average Bonchev–Trinajstić information content (AvgIpc) is 3.31. The largest absolute Gasteiger partial charge is 0.493 e. The summed E-state index contributed by atoms with van der Waals surface area (Å²) in [5, 5.41) is 6.39. The molecule has 4 rings (SSSR count). The molecule has 2 aromatic carbocycles. The van der Waals surface area contributed by atoms with Crippen LogP contribution in [0.15, 0.2) is 48.7 Å². The summed E-state index contributed by atoms with van der Waals surface area (Å²) in [4.78, 5) is 11.2. The van der Waals surface area contributed by atoms with Crippen LogP contribution in [-0.4, -0.2) is 48.2 Å². The molecule has 1 aliphatic rings. The van der Waals surface area contributed by atoms with Crippen LogP contribution in [0, 0.1) is 12.7 Å². The molecule has 7 nitrogen and oxygen atoms in total. The molecule has 1 aromatic heterocycles. The van der Waals surface area contributed by atoms with Gasteiger partial charge in [-0.05, 0) is 75.3 Å². The summed E-state index contributed by atoms with van der Waals surface area (Å²) in [6.07, 6.45) is 4.23. The van der Waals surface area contributed by atoms with Gasteiger partial charge in [0.15, 0.2) is 11.6 Å². The van der Waals surface area contributed by atoms with Gasteiger partial charge in [0.25, 0.3) is 0 Å². The number of nitrogens with zero attached hydrogens (tertiary/aromatic N) is 3. The lowest BCUT2D eigenvalue weighted by Crippen LogP contribution is -2.25. The summed E-state index contributed by atoms with van der Waals surface area (Å²) in [6.45, 7) is 5.80. The molecule has 0 unspecified atom stereocenters. The fourth-order valence-electron chi connectivity index (χ4n) is 3.73. The molecule has 1 aliphatic heterocycles. The van der Waals surface area contributed by atoms with E-state index in [2.05, 4.69) is 25.5 Å². The number of likely N-dealkylation sites (tertiary alicyclic amines) is 1. The highest BCUT2D eigenvalue weighted by atomic mass is 19.1. The van der Waals surface area contributed by atoms with Crippen LogP contribution in [0.25, 0.3) is 0 Å². The van der Waals surface area contributed by atoms with Crippen molar-refractivity contribution in [1.82, 2.24) is 14.9 Å². The van der Waals surface area contributed by atoms with Crippen molar-refractivity contribution in [2.45, 2.75) is 19.8 Å². The molecule has 0 bridgehead atoms. The highest BCUT2D eigenvalue weighted by molar-refractivity contribution is 5.65. The first kappa shape index (κ1) is 21.8. The first-order chi connectivity index (χ1) is 15.6. The van der Waals surface area contributed by atoms with Crippen LogP contribution < -0.4 is 20.1 Å². The lowest BCUT2D eigenvalue weighted by atomic mass is 10.1. The molecule has 0 spiro atoms. The van der Waals surface area contributed by atoms with Crippen LogP contribution in [0.1, 0.15) is 18.4 Å². The number of aromatic nitrogens is 2. The second-order valence-electron chi connectivity index (χ2n) is 7.69. The van der Waals surface area contributed by atoms with Crippen molar-refractivity contribution < 1.29 is 13.9 Å². The van der Waals surface area contributed by atoms with Gasteiger partial charge in [0.1, 0.15) is 18.2 Å². The number of benzene rings is 2. The number of nitrogens with one attached hydrogen (secondary N) is 2. The van der Waals surface area contributed by atoms with Crippen molar-refractivity contribution in [2.24, 2.45) is 0 Å². The van der Waals surface area contributed by atoms with Crippen molar-refractivity contribution in [2.75, 3.05) is 44.0 Å². The van der Waals surface area contributed by atoms with Gasteiger partial charge < -0.3 is 20.1 Å². The molecular formula is C24H28FN5O2. The molecule has 1 saturated heterocycles. The van der Waals surface area contributed by atoms with E-state index >= 15 is 0 Å². The van der Waals surface area contributed by atoms with Gasteiger partial charge in [0.2, 0.25) is 5.95 Å². The Morgan fingerprint density at radius 1 is 1.03 bits per heavy atom. The predicted molar refractivity (Wildman–Crippen MR) is 124 cm³/mol. The van der Waals surface area contributed by atoms with Crippen molar-refractivity contribution in [3.63, 3.8) is 0 Å². The van der Waals surface area contributed by atoms with Gasteiger partial charge in [-0.25, -0.2) is 9.37 Å². The second kappa shape index (κ2) is 10.3. The van der Waals surface area contributed by atoms with Crippen molar-refractivity contribution >= 4 is 23.1 Å². The third-order valence-electron chi connectivity index (χ3n) is 5.47. The fourth-order valence-corrected chi connectivity index (χ4v) is 3.73. The lowest BCUT2D eigenvalue weighted by Gasteiger charge is -2.15. The second-order valence-corrected chi connectivity index (χ2v) is 7.69. The standard InChI is InChI=1S/C24H28FN5O2/c1-17-21(10-9-20(25)23(17)31-2)28-22-11-12-26-24(29-22)27-18-5-7-19(8-6-18)32-16-15-30-13-3-4-14-30/h5-12H,3-4,13-16H2,1-2H3,(H2,26,27,28,29). The van der Waals surface area contributed by atoms with Gasteiger partial charge in [0, 0.05) is 29.7 Å². The molecular weight excluding hydrogens is 409 g/mol. The molecule has 0 atom stereocenters. The Labute approximate surface area is 187 Å². The Morgan fingerprint density at radius 3 is 2.56 bits per heavy atom. The summed E-state index contributed by atoms with van der Waals surface area (Å²) in [5.41, 5.74) is 2.23. The minimum Gasteiger partial charge on any atom is -0.493 e. The molecule has 0 amide bonds. The quantitative estimate of drug-likeness (QED) is 0.494. The van der Waals surface area contributed by atoms with E-state index < -0.39 is 5.82 Å². The third kappa shape index (κ3) is 5.45. The summed E-state index contributed by atoms with van der Waals surface area (Å²) in [7, 11) is 1.45. The summed E-state index contributed by atoms with van der Waals surface area (Å²) in [6, 6.07) is 12.5. The van der Waals surface area contributed by atoms with E-state index in [0.717, 1.165) is 18.0 Å². The lowest BCUT2D eigenvalue weighted by molar-refractivity contribution is 0.238. The van der Waals surface area contributed by atoms with Gasteiger partial charge >= 0.3 is 0 Å². The monoisotopic (exact) mass is 437 g/mol. The number of ether oxygens (including phenoxy) is 2. The molecule has 0 radical (unpaired) electrons. The van der Waals surface area contributed by atoms with Crippen molar-refractivity contribution in [3.05, 3.63) is 60.0 Å². The Hall–Kier alpha value is -3.39. The highest BCUT2D eigenvalue weighted by Gasteiger charge is 2.12. The number of halogens is 1. The van der Waals surface area contributed by atoms with E-state index in [9.17, 15) is 4.39 Å².